The molecular weight excluding hydrogens is 238 g/mol. The Labute approximate surface area is 112 Å². The van der Waals surface area contributed by atoms with Crippen LogP contribution in [0.4, 0.5) is 5.69 Å². The molecule has 5 nitrogen and oxygen atoms in total. The van der Waals surface area contributed by atoms with Gasteiger partial charge in [-0.2, -0.15) is 0 Å². The van der Waals surface area contributed by atoms with Gasteiger partial charge in [0, 0.05) is 17.8 Å². The molecule has 0 aliphatic heterocycles. The fourth-order valence-corrected chi connectivity index (χ4v) is 1.60. The molecule has 19 heavy (non-hydrogen) atoms. The number of benzene rings is 2. The van der Waals surface area contributed by atoms with Gasteiger partial charge in [-0.3, -0.25) is 17.1 Å². The van der Waals surface area contributed by atoms with E-state index >= 15 is 0 Å². The third-order valence-corrected chi connectivity index (χ3v) is 2.51. The summed E-state index contributed by atoms with van der Waals surface area (Å²) in [6.07, 6.45) is 0. The van der Waals surface area contributed by atoms with Crippen LogP contribution in [0.1, 0.15) is 11.1 Å². The second-order valence-corrected chi connectivity index (χ2v) is 3.83. The maximum Gasteiger partial charge on any atom is 0.122 e. The van der Waals surface area contributed by atoms with Crippen LogP contribution in [0, 0.1) is 5.41 Å². The van der Waals surface area contributed by atoms with E-state index in [9.17, 15) is 0 Å². The Kier molecular flexibility index (Phi) is 6.08. The Bertz CT molecular complexity index is 510. The molecule has 0 bridgehead atoms. The fraction of sp³-hybridized carbons (Fsp3) is 0.0714. The van der Waals surface area contributed by atoms with Gasteiger partial charge < -0.3 is 11.1 Å². The van der Waals surface area contributed by atoms with Crippen LogP contribution in [0.5, 0.6) is 0 Å². The van der Waals surface area contributed by atoms with Crippen molar-refractivity contribution in [2.45, 2.75) is 6.54 Å². The number of nitrogens with two attached hydrogens (primary N) is 3. The number of rotatable bonds is 4. The summed E-state index contributed by atoms with van der Waals surface area (Å²) in [7, 11) is 0. The molecule has 100 valence electrons. The number of nitrogens with one attached hydrogen (secondary N) is 2. The van der Waals surface area contributed by atoms with Crippen molar-refractivity contribution in [2.24, 2.45) is 17.4 Å². The molecule has 0 radical (unpaired) electrons. The lowest BCUT2D eigenvalue weighted by atomic mass is 10.1. The normalized spacial score (nSPS) is 9.16. The van der Waals surface area contributed by atoms with Gasteiger partial charge in [0.25, 0.3) is 0 Å². The van der Waals surface area contributed by atoms with Crippen LogP contribution in [0.15, 0.2) is 54.6 Å². The molecule has 8 N–H and O–H groups in total. The molecule has 0 unspecified atom stereocenters. The Balaban J connectivity index is 0.000000861. The average Bonchev–Trinajstić information content (AvgIpc) is 2.48. The van der Waals surface area contributed by atoms with Crippen LogP contribution < -0.4 is 22.7 Å². The maximum absolute atomic E-state index is 7.38. The molecule has 0 aliphatic carbocycles. The molecule has 0 fully saturated rings. The van der Waals surface area contributed by atoms with E-state index in [1.807, 2.05) is 42.5 Å². The second-order valence-electron chi connectivity index (χ2n) is 3.83. The highest BCUT2D eigenvalue weighted by molar-refractivity contribution is 5.95. The zero-order valence-electron chi connectivity index (χ0n) is 10.6. The van der Waals surface area contributed by atoms with Gasteiger partial charge in [0.2, 0.25) is 0 Å². The van der Waals surface area contributed by atoms with Crippen molar-refractivity contribution >= 4 is 11.5 Å². The van der Waals surface area contributed by atoms with Crippen LogP contribution in [0.25, 0.3) is 0 Å². The number of amidine groups is 1. The molecule has 0 saturated heterocycles. The highest BCUT2D eigenvalue weighted by atomic mass is 15.0. The molecule has 0 atom stereocenters. The third kappa shape index (κ3) is 4.79. The summed E-state index contributed by atoms with van der Waals surface area (Å²) in [4.78, 5) is 0. The first kappa shape index (κ1) is 14.7. The zero-order valence-corrected chi connectivity index (χ0v) is 10.6. The van der Waals surface area contributed by atoms with Crippen LogP contribution in [0.3, 0.4) is 0 Å². The van der Waals surface area contributed by atoms with Crippen molar-refractivity contribution in [2.75, 3.05) is 5.32 Å². The van der Waals surface area contributed by atoms with Gasteiger partial charge in [-0.05, 0) is 17.7 Å². The lowest BCUT2D eigenvalue weighted by Gasteiger charge is -2.07. The molecule has 2 aromatic rings. The number of hydrazine groups is 1. The Morgan fingerprint density at radius 1 is 1.00 bits per heavy atom. The van der Waals surface area contributed by atoms with Gasteiger partial charge in [0.1, 0.15) is 5.84 Å². The summed E-state index contributed by atoms with van der Waals surface area (Å²) in [5.41, 5.74) is 8.38. The van der Waals surface area contributed by atoms with Gasteiger partial charge in [-0.25, -0.2) is 0 Å². The Morgan fingerprint density at radius 3 is 2.32 bits per heavy atom. The van der Waals surface area contributed by atoms with Crippen LogP contribution in [-0.2, 0) is 6.54 Å². The highest BCUT2D eigenvalue weighted by Crippen LogP contribution is 2.11. The molecule has 0 amide bonds. The largest absolute Gasteiger partial charge is 0.384 e. The zero-order chi connectivity index (χ0) is 14.1. The summed E-state index contributed by atoms with van der Waals surface area (Å²) in [6.45, 7) is 0.766. The molecule has 0 aromatic heterocycles. The highest BCUT2D eigenvalue weighted by Gasteiger charge is 1.98. The van der Waals surface area contributed by atoms with Crippen molar-refractivity contribution in [1.82, 2.24) is 0 Å². The van der Waals surface area contributed by atoms with Crippen LogP contribution in [0.2, 0.25) is 0 Å². The SMILES string of the molecule is N=C(N)c1cccc(NCc2ccccc2)c1.NN. The van der Waals surface area contributed by atoms with Crippen molar-refractivity contribution in [3.63, 3.8) is 0 Å². The van der Waals surface area contributed by atoms with Gasteiger partial charge in [-0.15, -0.1) is 0 Å². The van der Waals surface area contributed by atoms with E-state index in [1.165, 1.54) is 5.56 Å². The molecule has 0 saturated carbocycles. The van der Waals surface area contributed by atoms with Crippen molar-refractivity contribution < 1.29 is 0 Å². The van der Waals surface area contributed by atoms with E-state index in [0.717, 1.165) is 17.8 Å². The summed E-state index contributed by atoms with van der Waals surface area (Å²) in [5, 5.41) is 10.7. The van der Waals surface area contributed by atoms with Crippen LogP contribution in [-0.4, -0.2) is 5.84 Å². The van der Waals surface area contributed by atoms with E-state index in [1.54, 1.807) is 0 Å². The minimum atomic E-state index is 0.0911. The Morgan fingerprint density at radius 2 is 1.68 bits per heavy atom. The van der Waals surface area contributed by atoms with E-state index in [-0.39, 0.29) is 5.84 Å². The average molecular weight is 257 g/mol. The predicted molar refractivity (Wildman–Crippen MR) is 79.6 cm³/mol. The predicted octanol–water partition coefficient (Wildman–Crippen LogP) is 1.40. The van der Waals surface area contributed by atoms with Crippen LogP contribution >= 0.6 is 0 Å². The van der Waals surface area contributed by atoms with Gasteiger partial charge in [0.15, 0.2) is 0 Å². The van der Waals surface area contributed by atoms with Gasteiger partial charge in [0.05, 0.1) is 0 Å². The second kappa shape index (κ2) is 7.86. The first-order valence-electron chi connectivity index (χ1n) is 5.81. The van der Waals surface area contributed by atoms with Gasteiger partial charge >= 0.3 is 0 Å². The first-order chi connectivity index (χ1) is 9.25. The van der Waals surface area contributed by atoms with Gasteiger partial charge in [-0.1, -0.05) is 42.5 Å². The molecule has 5 heteroatoms. The fourth-order valence-electron chi connectivity index (χ4n) is 1.60. The lowest BCUT2D eigenvalue weighted by Crippen LogP contribution is -2.11. The minimum absolute atomic E-state index is 0.0911. The topological polar surface area (TPSA) is 114 Å². The number of nitrogen functional groups attached to an aromatic ring is 1. The standard InChI is InChI=1S/C14H15N3.H4N2/c15-14(16)12-7-4-8-13(9-12)17-10-11-5-2-1-3-6-11;1-2/h1-9,17H,10H2,(H3,15,16);1-2H2. The van der Waals surface area contributed by atoms with Crippen molar-refractivity contribution in [3.05, 3.63) is 65.7 Å². The number of anilines is 1. The van der Waals surface area contributed by atoms with E-state index in [2.05, 4.69) is 29.1 Å². The van der Waals surface area contributed by atoms with E-state index < -0.39 is 0 Å². The quantitative estimate of drug-likeness (QED) is 0.246. The first-order valence-corrected chi connectivity index (χ1v) is 5.81. The molecule has 0 heterocycles. The Hall–Kier alpha value is -2.37. The van der Waals surface area contributed by atoms with Crippen molar-refractivity contribution in [3.8, 4) is 0 Å². The summed E-state index contributed by atoms with van der Waals surface area (Å²) < 4.78 is 0. The smallest absolute Gasteiger partial charge is 0.122 e. The molecule has 0 aliphatic rings. The lowest BCUT2D eigenvalue weighted by molar-refractivity contribution is 1.15. The summed E-state index contributed by atoms with van der Waals surface area (Å²) in [6, 6.07) is 17.7. The van der Waals surface area contributed by atoms with E-state index in [0.29, 0.717) is 0 Å². The molecule has 2 aromatic carbocycles. The molecule has 0 spiro atoms. The van der Waals surface area contributed by atoms with E-state index in [4.69, 9.17) is 11.1 Å². The number of hydrogen-bond acceptors (Lipinski definition) is 4. The monoisotopic (exact) mass is 257 g/mol. The third-order valence-electron chi connectivity index (χ3n) is 2.51. The maximum atomic E-state index is 7.38. The number of hydrogen-bond donors (Lipinski definition) is 5. The minimum Gasteiger partial charge on any atom is -0.384 e. The molecular formula is C14H19N5. The summed E-state index contributed by atoms with van der Waals surface area (Å²) >= 11 is 0. The molecule has 2 rings (SSSR count). The van der Waals surface area contributed by atoms with Crippen molar-refractivity contribution in [1.29, 1.82) is 5.41 Å². The summed E-state index contributed by atoms with van der Waals surface area (Å²) in [5.74, 6) is 8.09.